The molecule has 1 aliphatic heterocycles. The highest BCUT2D eigenvalue weighted by Crippen LogP contribution is 2.33. The number of nitroso groups, excluding NO2 is 1. The fourth-order valence-corrected chi connectivity index (χ4v) is 4.29. The van der Waals surface area contributed by atoms with Gasteiger partial charge < -0.3 is 20.3 Å². The van der Waals surface area contributed by atoms with Gasteiger partial charge in [-0.25, -0.2) is 9.97 Å². The molecule has 1 saturated heterocycles. The maximum absolute atomic E-state index is 12.9. The predicted molar refractivity (Wildman–Crippen MR) is 138 cm³/mol. The van der Waals surface area contributed by atoms with Crippen molar-refractivity contribution in [3.8, 4) is 0 Å². The standard InChI is InChI=1S/C25H35N7O4/c1-4-11-30(3)25(34)23-27-22(26)21(29-35)24(28-23)32(17-20(33)36-5-2)16-19-10-8-9-18(14-19)15-31-12-6-7-13-31/h8-10,14H,4-7,11-13,15-17H2,1-3H3,(H2,26,27,28). The van der Waals surface area contributed by atoms with Crippen LogP contribution in [-0.2, 0) is 22.6 Å². The van der Waals surface area contributed by atoms with E-state index in [4.69, 9.17) is 10.5 Å². The molecular formula is C25H35N7O4. The molecule has 1 fully saturated rings. The van der Waals surface area contributed by atoms with Crippen molar-refractivity contribution in [1.82, 2.24) is 19.8 Å². The number of nitrogen functional groups attached to an aromatic ring is 1. The highest BCUT2D eigenvalue weighted by molar-refractivity contribution is 5.92. The second kappa shape index (κ2) is 12.9. The first-order valence-electron chi connectivity index (χ1n) is 12.3. The Morgan fingerprint density at radius 2 is 1.89 bits per heavy atom. The molecular weight excluding hydrogens is 462 g/mol. The van der Waals surface area contributed by atoms with Crippen LogP contribution >= 0.6 is 0 Å². The van der Waals surface area contributed by atoms with Gasteiger partial charge >= 0.3 is 5.97 Å². The molecule has 1 aromatic carbocycles. The Balaban J connectivity index is 1.97. The molecule has 0 atom stereocenters. The lowest BCUT2D eigenvalue weighted by atomic mass is 10.1. The fourth-order valence-electron chi connectivity index (χ4n) is 4.29. The third-order valence-corrected chi connectivity index (χ3v) is 5.98. The number of nitrogens with zero attached hydrogens (tertiary/aromatic N) is 6. The molecule has 1 aromatic heterocycles. The van der Waals surface area contributed by atoms with Gasteiger partial charge in [-0.05, 0) is 55.6 Å². The van der Waals surface area contributed by atoms with Crippen molar-refractivity contribution in [2.75, 3.05) is 50.5 Å². The smallest absolute Gasteiger partial charge is 0.325 e. The summed E-state index contributed by atoms with van der Waals surface area (Å²) in [6.07, 6.45) is 3.16. The Labute approximate surface area is 211 Å². The number of rotatable bonds is 12. The van der Waals surface area contributed by atoms with Crippen LogP contribution < -0.4 is 10.6 Å². The van der Waals surface area contributed by atoms with E-state index in [0.717, 1.165) is 37.2 Å². The average molecular weight is 498 g/mol. The highest BCUT2D eigenvalue weighted by Gasteiger charge is 2.26. The van der Waals surface area contributed by atoms with Crippen molar-refractivity contribution < 1.29 is 14.3 Å². The third kappa shape index (κ3) is 6.97. The molecule has 11 nitrogen and oxygen atoms in total. The van der Waals surface area contributed by atoms with Crippen LogP contribution in [0.5, 0.6) is 0 Å². The van der Waals surface area contributed by atoms with Gasteiger partial charge in [-0.15, -0.1) is 4.91 Å². The number of esters is 1. The van der Waals surface area contributed by atoms with Crippen LogP contribution in [0.1, 0.15) is 54.9 Å². The normalized spacial score (nSPS) is 13.4. The molecule has 3 rings (SSSR count). The van der Waals surface area contributed by atoms with Crippen LogP contribution in [0.3, 0.4) is 0 Å². The van der Waals surface area contributed by atoms with E-state index >= 15 is 0 Å². The lowest BCUT2D eigenvalue weighted by Crippen LogP contribution is -2.33. The van der Waals surface area contributed by atoms with Crippen molar-refractivity contribution in [1.29, 1.82) is 0 Å². The summed E-state index contributed by atoms with van der Waals surface area (Å²) in [5, 5.41) is 3.03. The lowest BCUT2D eigenvalue weighted by Gasteiger charge is -2.25. The van der Waals surface area contributed by atoms with Crippen molar-refractivity contribution in [3.05, 3.63) is 46.1 Å². The molecule has 0 saturated carbocycles. The zero-order valence-electron chi connectivity index (χ0n) is 21.3. The molecule has 11 heteroatoms. The molecule has 36 heavy (non-hydrogen) atoms. The first-order valence-corrected chi connectivity index (χ1v) is 12.3. The Hall–Kier alpha value is -3.60. The maximum atomic E-state index is 12.9. The summed E-state index contributed by atoms with van der Waals surface area (Å²) >= 11 is 0. The molecule has 2 N–H and O–H groups in total. The summed E-state index contributed by atoms with van der Waals surface area (Å²) in [6.45, 7) is 7.39. The lowest BCUT2D eigenvalue weighted by molar-refractivity contribution is -0.141. The zero-order valence-corrected chi connectivity index (χ0v) is 21.3. The first-order chi connectivity index (χ1) is 17.4. The fraction of sp³-hybridized carbons (Fsp3) is 0.520. The Kier molecular flexibility index (Phi) is 9.69. The van der Waals surface area contributed by atoms with Crippen LogP contribution in [0.25, 0.3) is 0 Å². The van der Waals surface area contributed by atoms with E-state index in [1.807, 2.05) is 19.1 Å². The number of hydrogen-bond acceptors (Lipinski definition) is 10. The first kappa shape index (κ1) is 27.0. The molecule has 2 heterocycles. The molecule has 0 unspecified atom stereocenters. The van der Waals surface area contributed by atoms with Crippen LogP contribution in [0.4, 0.5) is 17.3 Å². The summed E-state index contributed by atoms with van der Waals surface area (Å²) in [5.41, 5.74) is 7.85. The Morgan fingerprint density at radius 3 is 2.56 bits per heavy atom. The average Bonchev–Trinajstić information content (AvgIpc) is 3.36. The maximum Gasteiger partial charge on any atom is 0.325 e. The van der Waals surface area contributed by atoms with E-state index in [1.165, 1.54) is 17.7 Å². The van der Waals surface area contributed by atoms with Gasteiger partial charge in [0, 0.05) is 26.7 Å². The van der Waals surface area contributed by atoms with Gasteiger partial charge in [0.05, 0.1) is 6.61 Å². The quantitative estimate of drug-likeness (QED) is 0.347. The second-order valence-corrected chi connectivity index (χ2v) is 8.89. The SMILES string of the molecule is CCCN(C)C(=O)c1nc(N)c(N=O)c(N(CC(=O)OCC)Cc2cccc(CN3CCCC3)c2)n1. The monoisotopic (exact) mass is 497 g/mol. The minimum atomic E-state index is -0.504. The molecule has 2 aromatic rings. The van der Waals surface area contributed by atoms with Gasteiger partial charge in [-0.1, -0.05) is 31.2 Å². The summed E-state index contributed by atoms with van der Waals surface area (Å²) in [4.78, 5) is 50.9. The van der Waals surface area contributed by atoms with Gasteiger partial charge in [0.25, 0.3) is 5.91 Å². The summed E-state index contributed by atoms with van der Waals surface area (Å²) in [6, 6.07) is 8.03. The van der Waals surface area contributed by atoms with Crippen molar-refractivity contribution >= 4 is 29.2 Å². The van der Waals surface area contributed by atoms with E-state index in [2.05, 4.69) is 32.2 Å². The largest absolute Gasteiger partial charge is 0.465 e. The number of ether oxygens (including phenoxy) is 1. The van der Waals surface area contributed by atoms with Crippen LogP contribution in [-0.4, -0.2) is 71.5 Å². The van der Waals surface area contributed by atoms with Gasteiger partial charge in [-0.3, -0.25) is 14.5 Å². The highest BCUT2D eigenvalue weighted by atomic mass is 16.5. The Morgan fingerprint density at radius 1 is 1.17 bits per heavy atom. The van der Waals surface area contributed by atoms with Gasteiger partial charge in [0.2, 0.25) is 5.82 Å². The number of nitrogens with two attached hydrogens (primary N) is 1. The summed E-state index contributed by atoms with van der Waals surface area (Å²) < 4.78 is 5.15. The van der Waals surface area contributed by atoms with E-state index in [1.54, 1.807) is 18.9 Å². The minimum absolute atomic E-state index is 0.0174. The molecule has 0 aliphatic carbocycles. The van der Waals surface area contributed by atoms with E-state index in [0.29, 0.717) is 6.54 Å². The van der Waals surface area contributed by atoms with E-state index in [-0.39, 0.29) is 42.8 Å². The number of carbonyl (C=O) groups is 2. The summed E-state index contributed by atoms with van der Waals surface area (Å²) in [5.74, 6) is -1.31. The number of aromatic nitrogens is 2. The zero-order chi connectivity index (χ0) is 26.1. The number of anilines is 2. The van der Waals surface area contributed by atoms with Crippen LogP contribution in [0, 0.1) is 4.91 Å². The topological polar surface area (TPSA) is 134 Å². The minimum Gasteiger partial charge on any atom is -0.465 e. The second-order valence-electron chi connectivity index (χ2n) is 8.89. The number of amides is 1. The van der Waals surface area contributed by atoms with Crippen molar-refractivity contribution in [3.63, 3.8) is 0 Å². The molecule has 194 valence electrons. The van der Waals surface area contributed by atoms with E-state index < -0.39 is 11.9 Å². The molecule has 0 bridgehead atoms. The molecule has 0 spiro atoms. The third-order valence-electron chi connectivity index (χ3n) is 5.98. The molecule has 0 radical (unpaired) electrons. The van der Waals surface area contributed by atoms with E-state index in [9.17, 15) is 14.5 Å². The summed E-state index contributed by atoms with van der Waals surface area (Å²) in [7, 11) is 1.64. The Bertz CT molecular complexity index is 1070. The number of benzene rings is 1. The number of carbonyl (C=O) groups excluding carboxylic acids is 2. The van der Waals surface area contributed by atoms with Gasteiger partial charge in [0.1, 0.15) is 6.54 Å². The van der Waals surface area contributed by atoms with Gasteiger partial charge in [-0.2, -0.15) is 0 Å². The molecule has 1 aliphatic rings. The number of likely N-dealkylation sites (tertiary alicyclic amines) is 1. The van der Waals surface area contributed by atoms with Crippen LogP contribution in [0.2, 0.25) is 0 Å². The molecule has 1 amide bonds. The van der Waals surface area contributed by atoms with Gasteiger partial charge in [0.15, 0.2) is 17.3 Å². The van der Waals surface area contributed by atoms with Crippen molar-refractivity contribution in [2.24, 2.45) is 5.18 Å². The number of hydrogen-bond donors (Lipinski definition) is 1. The van der Waals surface area contributed by atoms with Crippen molar-refractivity contribution in [2.45, 2.75) is 46.2 Å². The van der Waals surface area contributed by atoms with Crippen LogP contribution in [0.15, 0.2) is 29.4 Å². The predicted octanol–water partition coefficient (Wildman–Crippen LogP) is 3.10.